The van der Waals surface area contributed by atoms with Crippen LogP contribution in [0, 0.1) is 10.1 Å². The Labute approximate surface area is 92.0 Å². The van der Waals surface area contributed by atoms with E-state index < -0.39 is 4.92 Å². The van der Waals surface area contributed by atoms with Crippen molar-refractivity contribution in [2.45, 2.75) is 0 Å². The standard InChI is InChI=1S/C10H11N3O3/c14-6-5-12-4-3-11-9-2-1-8(13(15)16)7-10(9)12/h1-3,7,14H,4-6H2. The molecule has 2 rings (SSSR count). The Kier molecular flexibility index (Phi) is 2.82. The molecular formula is C10H11N3O3. The van der Waals surface area contributed by atoms with Crippen LogP contribution in [0.2, 0.25) is 0 Å². The zero-order valence-electron chi connectivity index (χ0n) is 8.54. The number of aliphatic imine (C=N–C) groups is 1. The summed E-state index contributed by atoms with van der Waals surface area (Å²) < 4.78 is 0. The number of nitro benzene ring substituents is 1. The third-order valence-corrected chi connectivity index (χ3v) is 2.41. The quantitative estimate of drug-likeness (QED) is 0.612. The van der Waals surface area contributed by atoms with Gasteiger partial charge in [0.25, 0.3) is 5.69 Å². The number of non-ortho nitro benzene ring substituents is 1. The molecule has 0 bridgehead atoms. The Morgan fingerprint density at radius 1 is 1.56 bits per heavy atom. The van der Waals surface area contributed by atoms with Gasteiger partial charge in [0, 0.05) is 24.9 Å². The average Bonchev–Trinajstić information content (AvgIpc) is 2.29. The van der Waals surface area contributed by atoms with E-state index in [4.69, 9.17) is 5.11 Å². The lowest BCUT2D eigenvalue weighted by atomic mass is 10.2. The number of benzene rings is 1. The third kappa shape index (κ3) is 1.87. The lowest BCUT2D eigenvalue weighted by Crippen LogP contribution is -2.30. The molecule has 0 atom stereocenters. The highest BCUT2D eigenvalue weighted by Crippen LogP contribution is 2.33. The summed E-state index contributed by atoms with van der Waals surface area (Å²) in [5.74, 6) is 0. The van der Waals surface area contributed by atoms with Crippen LogP contribution >= 0.6 is 0 Å². The molecule has 0 aliphatic carbocycles. The lowest BCUT2D eigenvalue weighted by Gasteiger charge is -2.26. The summed E-state index contributed by atoms with van der Waals surface area (Å²) in [5, 5.41) is 19.6. The van der Waals surface area contributed by atoms with Crippen LogP contribution in [0.3, 0.4) is 0 Å². The molecule has 84 valence electrons. The second-order valence-corrected chi connectivity index (χ2v) is 3.41. The van der Waals surface area contributed by atoms with E-state index in [0.717, 1.165) is 0 Å². The average molecular weight is 221 g/mol. The number of hydrogen-bond donors (Lipinski definition) is 1. The third-order valence-electron chi connectivity index (χ3n) is 2.41. The predicted octanol–water partition coefficient (Wildman–Crippen LogP) is 1.11. The van der Waals surface area contributed by atoms with E-state index in [0.29, 0.717) is 24.5 Å². The molecule has 0 spiro atoms. The monoisotopic (exact) mass is 221 g/mol. The van der Waals surface area contributed by atoms with E-state index in [-0.39, 0.29) is 12.3 Å². The Bertz CT molecular complexity index is 445. The van der Waals surface area contributed by atoms with Crippen LogP contribution in [-0.2, 0) is 0 Å². The van der Waals surface area contributed by atoms with E-state index in [9.17, 15) is 10.1 Å². The first kappa shape index (κ1) is 10.6. The largest absolute Gasteiger partial charge is 0.395 e. The molecule has 1 N–H and O–H groups in total. The fourth-order valence-corrected chi connectivity index (χ4v) is 1.66. The molecule has 6 heteroatoms. The molecule has 0 aromatic heterocycles. The maximum Gasteiger partial charge on any atom is 0.271 e. The molecule has 0 saturated carbocycles. The maximum atomic E-state index is 10.7. The topological polar surface area (TPSA) is 79.0 Å². The van der Waals surface area contributed by atoms with Crippen LogP contribution in [-0.4, -0.2) is 35.9 Å². The smallest absolute Gasteiger partial charge is 0.271 e. The van der Waals surface area contributed by atoms with Gasteiger partial charge in [-0.05, 0) is 6.07 Å². The maximum absolute atomic E-state index is 10.7. The number of nitrogens with zero attached hydrogens (tertiary/aromatic N) is 3. The fourth-order valence-electron chi connectivity index (χ4n) is 1.66. The minimum atomic E-state index is -0.435. The Morgan fingerprint density at radius 3 is 3.06 bits per heavy atom. The van der Waals surface area contributed by atoms with Gasteiger partial charge >= 0.3 is 0 Å². The number of β-amino-alcohol motifs (C(OH)–C–C–N with tert-alkyl or cyclic N) is 1. The Morgan fingerprint density at radius 2 is 2.38 bits per heavy atom. The molecule has 0 radical (unpaired) electrons. The fraction of sp³-hybridized carbons (Fsp3) is 0.300. The van der Waals surface area contributed by atoms with Gasteiger partial charge in [-0.3, -0.25) is 15.1 Å². The van der Waals surface area contributed by atoms with Gasteiger partial charge in [0.15, 0.2) is 0 Å². The van der Waals surface area contributed by atoms with Crippen molar-refractivity contribution in [2.24, 2.45) is 4.99 Å². The number of aliphatic hydroxyl groups is 1. The van der Waals surface area contributed by atoms with E-state index in [1.165, 1.54) is 12.1 Å². The predicted molar refractivity (Wildman–Crippen MR) is 60.5 cm³/mol. The minimum Gasteiger partial charge on any atom is -0.395 e. The van der Waals surface area contributed by atoms with E-state index in [1.807, 2.05) is 4.90 Å². The van der Waals surface area contributed by atoms with Gasteiger partial charge in [-0.25, -0.2) is 0 Å². The summed E-state index contributed by atoms with van der Waals surface area (Å²) in [6.07, 6.45) is 1.73. The van der Waals surface area contributed by atoms with Crippen molar-refractivity contribution in [3.05, 3.63) is 28.3 Å². The number of rotatable bonds is 3. The SMILES string of the molecule is O=[N+]([O-])c1ccc2c(c1)N(CCO)CC=N2. The summed E-state index contributed by atoms with van der Waals surface area (Å²) in [6.45, 7) is 1.02. The summed E-state index contributed by atoms with van der Waals surface area (Å²) in [5.41, 5.74) is 1.44. The molecule has 1 aliphatic rings. The van der Waals surface area contributed by atoms with Crippen LogP contribution in [0.5, 0.6) is 0 Å². The van der Waals surface area contributed by atoms with Crippen LogP contribution in [0.15, 0.2) is 23.2 Å². The van der Waals surface area contributed by atoms with E-state index >= 15 is 0 Å². The summed E-state index contributed by atoms with van der Waals surface area (Å²) >= 11 is 0. The molecule has 1 aromatic carbocycles. The van der Waals surface area contributed by atoms with Gasteiger partial charge in [0.1, 0.15) is 0 Å². The molecule has 1 aliphatic heterocycles. The number of anilines is 1. The molecular weight excluding hydrogens is 210 g/mol. The molecule has 1 aromatic rings. The van der Waals surface area contributed by atoms with Crippen LogP contribution in [0.1, 0.15) is 0 Å². The van der Waals surface area contributed by atoms with Gasteiger partial charge < -0.3 is 10.0 Å². The molecule has 0 unspecified atom stereocenters. The summed E-state index contributed by atoms with van der Waals surface area (Å²) in [7, 11) is 0. The first-order valence-corrected chi connectivity index (χ1v) is 4.89. The van der Waals surface area contributed by atoms with Gasteiger partial charge in [0.05, 0.1) is 29.4 Å². The second-order valence-electron chi connectivity index (χ2n) is 3.41. The van der Waals surface area contributed by atoms with Crippen molar-refractivity contribution in [1.29, 1.82) is 0 Å². The van der Waals surface area contributed by atoms with Crippen LogP contribution < -0.4 is 4.90 Å². The number of fused-ring (bicyclic) bond motifs is 1. The van der Waals surface area contributed by atoms with Gasteiger partial charge in [-0.15, -0.1) is 0 Å². The highest BCUT2D eigenvalue weighted by Gasteiger charge is 2.17. The first-order valence-electron chi connectivity index (χ1n) is 4.89. The number of aliphatic hydroxyl groups excluding tert-OH is 1. The Balaban J connectivity index is 2.41. The molecule has 16 heavy (non-hydrogen) atoms. The van der Waals surface area contributed by atoms with Crippen molar-refractivity contribution in [3.63, 3.8) is 0 Å². The molecule has 0 saturated heterocycles. The highest BCUT2D eigenvalue weighted by molar-refractivity contribution is 5.82. The molecule has 1 heterocycles. The van der Waals surface area contributed by atoms with Crippen molar-refractivity contribution >= 4 is 23.3 Å². The van der Waals surface area contributed by atoms with Gasteiger partial charge in [-0.2, -0.15) is 0 Å². The zero-order valence-corrected chi connectivity index (χ0v) is 8.54. The van der Waals surface area contributed by atoms with E-state index in [2.05, 4.69) is 4.99 Å². The molecule has 0 amide bonds. The minimum absolute atomic E-state index is 0.00989. The van der Waals surface area contributed by atoms with Crippen molar-refractivity contribution < 1.29 is 10.0 Å². The van der Waals surface area contributed by atoms with Crippen molar-refractivity contribution in [1.82, 2.24) is 0 Å². The van der Waals surface area contributed by atoms with E-state index in [1.54, 1.807) is 12.3 Å². The van der Waals surface area contributed by atoms with Crippen molar-refractivity contribution in [3.8, 4) is 0 Å². The number of hydrogen-bond acceptors (Lipinski definition) is 5. The summed E-state index contributed by atoms with van der Waals surface area (Å²) in [6, 6.07) is 4.54. The number of nitro groups is 1. The van der Waals surface area contributed by atoms with Crippen LogP contribution in [0.25, 0.3) is 0 Å². The van der Waals surface area contributed by atoms with Crippen LogP contribution in [0.4, 0.5) is 17.1 Å². The van der Waals surface area contributed by atoms with Crippen molar-refractivity contribution in [2.75, 3.05) is 24.6 Å². The normalized spacial score (nSPS) is 13.7. The summed E-state index contributed by atoms with van der Waals surface area (Å²) in [4.78, 5) is 16.2. The van der Waals surface area contributed by atoms with Gasteiger partial charge in [-0.1, -0.05) is 0 Å². The van der Waals surface area contributed by atoms with Gasteiger partial charge in [0.2, 0.25) is 0 Å². The molecule has 0 fully saturated rings. The zero-order chi connectivity index (χ0) is 11.5. The first-order chi connectivity index (χ1) is 7.72. The lowest BCUT2D eigenvalue weighted by molar-refractivity contribution is -0.384. The molecule has 6 nitrogen and oxygen atoms in total. The second kappa shape index (κ2) is 4.28. The Hall–Kier alpha value is -1.95. The highest BCUT2D eigenvalue weighted by atomic mass is 16.6.